The highest BCUT2D eigenvalue weighted by Crippen LogP contribution is 1.90. The smallest absolute Gasteiger partial charge is 0.234 e. The molecule has 0 aliphatic heterocycles. The fourth-order valence-electron chi connectivity index (χ4n) is 1.03. The van der Waals surface area contributed by atoms with E-state index in [1.807, 2.05) is 13.8 Å². The zero-order valence-corrected chi connectivity index (χ0v) is 10.8. The lowest BCUT2D eigenvalue weighted by atomic mass is 10.3. The minimum absolute atomic E-state index is 0.182. The molecule has 0 spiro atoms. The number of primary amides is 1. The Kier molecular flexibility index (Phi) is 8.97. The number of nitrogens with one attached hydrogen (secondary N) is 1. The van der Waals surface area contributed by atoms with Crippen molar-refractivity contribution in [2.45, 2.75) is 39.0 Å². The molecule has 17 heavy (non-hydrogen) atoms. The van der Waals surface area contributed by atoms with Crippen molar-refractivity contribution in [2.24, 2.45) is 5.73 Å². The molecule has 0 bridgehead atoms. The van der Waals surface area contributed by atoms with Crippen LogP contribution in [0.3, 0.4) is 0 Å². The zero-order valence-electron chi connectivity index (χ0n) is 10.8. The van der Waals surface area contributed by atoms with Crippen LogP contribution >= 0.6 is 0 Å². The van der Waals surface area contributed by atoms with Crippen molar-refractivity contribution in [2.75, 3.05) is 26.4 Å². The molecule has 6 heteroatoms. The van der Waals surface area contributed by atoms with E-state index in [0.29, 0.717) is 13.2 Å². The van der Waals surface area contributed by atoms with Gasteiger partial charge in [-0.1, -0.05) is 0 Å². The lowest BCUT2D eigenvalue weighted by Crippen LogP contribution is -2.43. The SMILES string of the molecule is CC(C)OCCOCC(O)CNC(C)C(N)=O. The van der Waals surface area contributed by atoms with E-state index in [0.717, 1.165) is 0 Å². The summed E-state index contributed by atoms with van der Waals surface area (Å²) in [5.74, 6) is -0.441. The molecular formula is C11H24N2O4. The highest BCUT2D eigenvalue weighted by Gasteiger charge is 2.10. The molecule has 2 unspecified atom stereocenters. The Hall–Kier alpha value is -0.690. The van der Waals surface area contributed by atoms with Crippen LogP contribution in [-0.4, -0.2) is 55.6 Å². The molecule has 6 nitrogen and oxygen atoms in total. The molecule has 102 valence electrons. The van der Waals surface area contributed by atoms with Crippen LogP contribution in [0.1, 0.15) is 20.8 Å². The van der Waals surface area contributed by atoms with Gasteiger partial charge in [0.2, 0.25) is 5.91 Å². The molecule has 0 aromatic rings. The van der Waals surface area contributed by atoms with Gasteiger partial charge in [0.25, 0.3) is 0 Å². The number of aliphatic hydroxyl groups excluding tert-OH is 1. The van der Waals surface area contributed by atoms with Crippen LogP contribution < -0.4 is 11.1 Å². The van der Waals surface area contributed by atoms with E-state index >= 15 is 0 Å². The molecule has 0 saturated carbocycles. The molecular weight excluding hydrogens is 224 g/mol. The molecule has 0 aromatic carbocycles. The van der Waals surface area contributed by atoms with E-state index < -0.39 is 18.1 Å². The van der Waals surface area contributed by atoms with Gasteiger partial charge >= 0.3 is 0 Å². The van der Waals surface area contributed by atoms with E-state index in [-0.39, 0.29) is 19.3 Å². The third-order valence-electron chi connectivity index (χ3n) is 2.08. The van der Waals surface area contributed by atoms with Crippen molar-refractivity contribution >= 4 is 5.91 Å². The minimum atomic E-state index is -0.657. The summed E-state index contributed by atoms with van der Waals surface area (Å²) in [6, 6.07) is -0.450. The third-order valence-corrected chi connectivity index (χ3v) is 2.08. The number of carbonyl (C=O) groups excluding carboxylic acids is 1. The quantitative estimate of drug-likeness (QED) is 0.442. The van der Waals surface area contributed by atoms with Crippen molar-refractivity contribution in [3.05, 3.63) is 0 Å². The average molecular weight is 248 g/mol. The van der Waals surface area contributed by atoms with E-state index in [2.05, 4.69) is 5.32 Å². The summed E-state index contributed by atoms with van der Waals surface area (Å²) >= 11 is 0. The Labute approximate surface area is 102 Å². The fraction of sp³-hybridized carbons (Fsp3) is 0.909. The number of nitrogens with two attached hydrogens (primary N) is 1. The normalized spacial score (nSPS) is 14.9. The first kappa shape index (κ1) is 16.3. The molecule has 1 amide bonds. The first-order valence-corrected chi connectivity index (χ1v) is 5.83. The summed E-state index contributed by atoms with van der Waals surface area (Å²) in [5.41, 5.74) is 5.06. The summed E-state index contributed by atoms with van der Waals surface area (Å²) < 4.78 is 10.5. The molecule has 0 fully saturated rings. The third kappa shape index (κ3) is 10.2. The van der Waals surface area contributed by atoms with Crippen molar-refractivity contribution < 1.29 is 19.4 Å². The van der Waals surface area contributed by atoms with Gasteiger partial charge in [0, 0.05) is 6.54 Å². The molecule has 0 heterocycles. The summed E-state index contributed by atoms with van der Waals surface area (Å²) in [6.45, 7) is 6.98. The monoisotopic (exact) mass is 248 g/mol. The molecule has 0 radical (unpaired) electrons. The second-order valence-corrected chi connectivity index (χ2v) is 4.18. The Balaban J connectivity index is 3.40. The van der Waals surface area contributed by atoms with Crippen molar-refractivity contribution in [1.29, 1.82) is 0 Å². The topological polar surface area (TPSA) is 93.8 Å². The largest absolute Gasteiger partial charge is 0.389 e. The van der Waals surface area contributed by atoms with Crippen LogP contribution in [0.4, 0.5) is 0 Å². The summed E-state index contributed by atoms with van der Waals surface area (Å²) in [7, 11) is 0. The Bertz CT molecular complexity index is 212. The lowest BCUT2D eigenvalue weighted by molar-refractivity contribution is -0.119. The van der Waals surface area contributed by atoms with Crippen LogP contribution in [0.5, 0.6) is 0 Å². The molecule has 4 N–H and O–H groups in total. The van der Waals surface area contributed by atoms with Gasteiger partial charge in [-0.2, -0.15) is 0 Å². The summed E-state index contributed by atoms with van der Waals surface area (Å²) in [4.78, 5) is 10.7. The Morgan fingerprint density at radius 2 is 2.00 bits per heavy atom. The number of hydrogen-bond acceptors (Lipinski definition) is 5. The summed E-state index contributed by atoms with van der Waals surface area (Å²) in [5, 5.41) is 12.3. The lowest BCUT2D eigenvalue weighted by Gasteiger charge is -2.15. The van der Waals surface area contributed by atoms with E-state index in [4.69, 9.17) is 15.2 Å². The Morgan fingerprint density at radius 1 is 1.35 bits per heavy atom. The van der Waals surface area contributed by atoms with Crippen LogP contribution in [0.25, 0.3) is 0 Å². The second-order valence-electron chi connectivity index (χ2n) is 4.18. The highest BCUT2D eigenvalue weighted by atomic mass is 16.5. The Morgan fingerprint density at radius 3 is 2.53 bits per heavy atom. The zero-order chi connectivity index (χ0) is 13.3. The van der Waals surface area contributed by atoms with Crippen LogP contribution in [0.15, 0.2) is 0 Å². The fourth-order valence-corrected chi connectivity index (χ4v) is 1.03. The minimum Gasteiger partial charge on any atom is -0.389 e. The summed E-state index contributed by atoms with van der Waals surface area (Å²) in [6.07, 6.45) is -0.475. The first-order valence-electron chi connectivity index (χ1n) is 5.83. The van der Waals surface area contributed by atoms with E-state index in [9.17, 15) is 9.90 Å². The van der Waals surface area contributed by atoms with Crippen LogP contribution in [0.2, 0.25) is 0 Å². The van der Waals surface area contributed by atoms with Crippen molar-refractivity contribution in [1.82, 2.24) is 5.32 Å². The number of aliphatic hydroxyl groups is 1. The predicted octanol–water partition coefficient (Wildman–Crippen LogP) is -0.748. The van der Waals surface area contributed by atoms with Gasteiger partial charge in [0.15, 0.2) is 0 Å². The van der Waals surface area contributed by atoms with Gasteiger partial charge in [0.05, 0.1) is 38.1 Å². The number of ether oxygens (including phenoxy) is 2. The average Bonchev–Trinajstić information content (AvgIpc) is 2.24. The predicted molar refractivity (Wildman–Crippen MR) is 64.6 cm³/mol. The molecule has 0 aliphatic carbocycles. The number of hydrogen-bond donors (Lipinski definition) is 3. The maximum atomic E-state index is 10.7. The number of carbonyl (C=O) groups is 1. The van der Waals surface area contributed by atoms with Gasteiger partial charge in [-0.25, -0.2) is 0 Å². The number of rotatable bonds is 10. The van der Waals surface area contributed by atoms with Gasteiger partial charge in [-0.05, 0) is 20.8 Å². The van der Waals surface area contributed by atoms with Crippen molar-refractivity contribution in [3.63, 3.8) is 0 Å². The number of amides is 1. The molecule has 0 aliphatic rings. The van der Waals surface area contributed by atoms with Gasteiger partial charge in [-0.3, -0.25) is 4.79 Å². The van der Waals surface area contributed by atoms with Crippen LogP contribution in [0, 0.1) is 0 Å². The van der Waals surface area contributed by atoms with Crippen LogP contribution in [-0.2, 0) is 14.3 Å². The van der Waals surface area contributed by atoms with Crippen molar-refractivity contribution in [3.8, 4) is 0 Å². The molecule has 0 aromatic heterocycles. The van der Waals surface area contributed by atoms with Gasteiger partial charge < -0.3 is 25.6 Å². The molecule has 0 rings (SSSR count). The second kappa shape index (κ2) is 9.35. The van der Waals surface area contributed by atoms with E-state index in [1.54, 1.807) is 6.92 Å². The van der Waals surface area contributed by atoms with Gasteiger partial charge in [-0.15, -0.1) is 0 Å². The molecule has 0 saturated heterocycles. The standard InChI is InChI=1S/C11H24N2O4/c1-8(2)17-5-4-16-7-10(14)6-13-9(3)11(12)15/h8-10,13-14H,4-7H2,1-3H3,(H2,12,15). The van der Waals surface area contributed by atoms with E-state index in [1.165, 1.54) is 0 Å². The maximum Gasteiger partial charge on any atom is 0.234 e. The maximum absolute atomic E-state index is 10.7. The first-order chi connectivity index (χ1) is 7.93. The highest BCUT2D eigenvalue weighted by molar-refractivity contribution is 5.79. The molecule has 2 atom stereocenters. The van der Waals surface area contributed by atoms with Gasteiger partial charge in [0.1, 0.15) is 0 Å².